The Morgan fingerprint density at radius 3 is 2.44 bits per heavy atom. The molecule has 52 valence electrons. The number of amides is 1. The van der Waals surface area contributed by atoms with Crippen molar-refractivity contribution in [3.63, 3.8) is 0 Å². The molecule has 0 aliphatic carbocycles. The third-order valence-corrected chi connectivity index (χ3v) is 0.504. The second-order valence-corrected chi connectivity index (χ2v) is 1.43. The molecule has 0 aromatic heterocycles. The van der Waals surface area contributed by atoms with Gasteiger partial charge in [-0.3, -0.25) is 15.0 Å². The Hall–Kier alpha value is -1.10. The molecule has 9 heavy (non-hydrogen) atoms. The zero-order valence-corrected chi connectivity index (χ0v) is 4.97. The van der Waals surface area contributed by atoms with E-state index < -0.39 is 5.97 Å². The third kappa shape index (κ3) is 6.90. The third-order valence-electron chi connectivity index (χ3n) is 0.504. The summed E-state index contributed by atoms with van der Waals surface area (Å²) in [5, 5.41) is 8.01. The van der Waals surface area contributed by atoms with Crippen molar-refractivity contribution in [2.45, 2.75) is 6.92 Å². The highest BCUT2D eigenvalue weighted by molar-refractivity contribution is 5.73. The van der Waals surface area contributed by atoms with Gasteiger partial charge in [0.2, 0.25) is 5.91 Å². The average Bonchev–Trinajstić information content (AvgIpc) is 1.63. The van der Waals surface area contributed by atoms with Gasteiger partial charge < -0.3 is 5.11 Å². The van der Waals surface area contributed by atoms with Crippen LogP contribution in [-0.4, -0.2) is 23.5 Å². The van der Waals surface area contributed by atoms with Gasteiger partial charge in [0.15, 0.2) is 0 Å². The van der Waals surface area contributed by atoms with E-state index in [1.807, 2.05) is 0 Å². The first-order valence-electron chi connectivity index (χ1n) is 2.34. The van der Waals surface area contributed by atoms with Gasteiger partial charge in [-0.25, -0.2) is 5.43 Å². The number of hydrazine groups is 1. The lowest BCUT2D eigenvalue weighted by Crippen LogP contribution is -2.38. The summed E-state index contributed by atoms with van der Waals surface area (Å²) in [6, 6.07) is 0. The summed E-state index contributed by atoms with van der Waals surface area (Å²) < 4.78 is 0. The van der Waals surface area contributed by atoms with Gasteiger partial charge in [0, 0.05) is 6.92 Å². The quantitative estimate of drug-likeness (QED) is 0.417. The highest BCUT2D eigenvalue weighted by atomic mass is 16.4. The Bertz CT molecular complexity index is 109. The smallest absolute Gasteiger partial charge is 0.319 e. The molecule has 0 spiro atoms. The molecule has 0 radical (unpaired) electrons. The van der Waals surface area contributed by atoms with E-state index in [4.69, 9.17) is 5.11 Å². The molecular formula is C4H8N2O3. The number of nitrogens with one attached hydrogen (secondary N) is 2. The van der Waals surface area contributed by atoms with Crippen molar-refractivity contribution in [3.8, 4) is 0 Å². The molecule has 0 heterocycles. The molecule has 0 aliphatic heterocycles. The van der Waals surface area contributed by atoms with Crippen LogP contribution in [-0.2, 0) is 9.59 Å². The molecule has 0 fully saturated rings. The fourth-order valence-corrected chi connectivity index (χ4v) is 0.244. The van der Waals surface area contributed by atoms with Crippen LogP contribution < -0.4 is 10.9 Å². The molecule has 5 nitrogen and oxygen atoms in total. The maximum Gasteiger partial charge on any atom is 0.319 e. The van der Waals surface area contributed by atoms with Crippen molar-refractivity contribution in [2.75, 3.05) is 6.54 Å². The number of carbonyl (C=O) groups excluding carboxylic acids is 1. The number of hydrogen-bond acceptors (Lipinski definition) is 3. The first kappa shape index (κ1) is 7.90. The lowest BCUT2D eigenvalue weighted by molar-refractivity contribution is -0.136. The lowest BCUT2D eigenvalue weighted by atomic mass is 10.7. The molecular weight excluding hydrogens is 124 g/mol. The SMILES string of the molecule is CC(=O)NNCC(=O)O. The highest BCUT2D eigenvalue weighted by Crippen LogP contribution is 1.56. The molecule has 5 heteroatoms. The maximum absolute atomic E-state index is 10.1. The van der Waals surface area contributed by atoms with Crippen molar-refractivity contribution in [1.29, 1.82) is 0 Å². The van der Waals surface area contributed by atoms with E-state index in [9.17, 15) is 9.59 Å². The Morgan fingerprint density at radius 2 is 2.11 bits per heavy atom. The van der Waals surface area contributed by atoms with Crippen LogP contribution in [0.4, 0.5) is 0 Å². The molecule has 0 rings (SSSR count). The van der Waals surface area contributed by atoms with E-state index in [0.29, 0.717) is 0 Å². The fraction of sp³-hybridized carbons (Fsp3) is 0.500. The number of aliphatic carboxylic acids is 1. The zero-order chi connectivity index (χ0) is 7.28. The van der Waals surface area contributed by atoms with Gasteiger partial charge in [-0.05, 0) is 0 Å². The highest BCUT2D eigenvalue weighted by Gasteiger charge is 1.93. The lowest BCUT2D eigenvalue weighted by Gasteiger charge is -1.98. The van der Waals surface area contributed by atoms with Crippen molar-refractivity contribution in [3.05, 3.63) is 0 Å². The standard InChI is InChI=1S/C4H8N2O3/c1-3(7)6-5-2-4(8)9/h5H,2H2,1H3,(H,6,7)(H,8,9). The topological polar surface area (TPSA) is 78.4 Å². The Balaban J connectivity index is 3.10. The Labute approximate surface area is 52.0 Å². The summed E-state index contributed by atoms with van der Waals surface area (Å²) in [6.07, 6.45) is 0. The Morgan fingerprint density at radius 1 is 1.56 bits per heavy atom. The van der Waals surface area contributed by atoms with Crippen molar-refractivity contribution in [1.82, 2.24) is 10.9 Å². The van der Waals surface area contributed by atoms with Gasteiger partial charge in [-0.2, -0.15) is 0 Å². The molecule has 0 aromatic carbocycles. The van der Waals surface area contributed by atoms with E-state index >= 15 is 0 Å². The second kappa shape index (κ2) is 3.85. The number of hydrogen-bond donors (Lipinski definition) is 3. The average molecular weight is 132 g/mol. The monoisotopic (exact) mass is 132 g/mol. The van der Waals surface area contributed by atoms with Crippen LogP contribution in [0.5, 0.6) is 0 Å². The van der Waals surface area contributed by atoms with Crippen LogP contribution in [0.25, 0.3) is 0 Å². The van der Waals surface area contributed by atoms with Crippen molar-refractivity contribution in [2.24, 2.45) is 0 Å². The summed E-state index contributed by atoms with van der Waals surface area (Å²) in [4.78, 5) is 19.8. The molecule has 0 aliphatic rings. The van der Waals surface area contributed by atoms with E-state index in [-0.39, 0.29) is 12.5 Å². The predicted molar refractivity (Wildman–Crippen MR) is 29.5 cm³/mol. The largest absolute Gasteiger partial charge is 0.480 e. The molecule has 0 bridgehead atoms. The molecule has 0 unspecified atom stereocenters. The summed E-state index contributed by atoms with van der Waals surface area (Å²) in [5.41, 5.74) is 4.29. The second-order valence-electron chi connectivity index (χ2n) is 1.43. The molecule has 0 saturated heterocycles. The van der Waals surface area contributed by atoms with Crippen LogP contribution in [0.2, 0.25) is 0 Å². The zero-order valence-electron chi connectivity index (χ0n) is 4.97. The van der Waals surface area contributed by atoms with Gasteiger partial charge in [-0.15, -0.1) is 0 Å². The molecule has 0 aromatic rings. The summed E-state index contributed by atoms with van der Waals surface area (Å²) >= 11 is 0. The van der Waals surface area contributed by atoms with E-state index in [2.05, 4.69) is 10.9 Å². The number of carbonyl (C=O) groups is 2. The van der Waals surface area contributed by atoms with Crippen molar-refractivity contribution < 1.29 is 14.7 Å². The number of rotatable bonds is 3. The van der Waals surface area contributed by atoms with Gasteiger partial charge in [0.25, 0.3) is 0 Å². The van der Waals surface area contributed by atoms with Gasteiger partial charge in [0.05, 0.1) is 0 Å². The van der Waals surface area contributed by atoms with Crippen LogP contribution in [0.3, 0.4) is 0 Å². The fourth-order valence-electron chi connectivity index (χ4n) is 0.244. The van der Waals surface area contributed by atoms with Crippen LogP contribution in [0, 0.1) is 0 Å². The predicted octanol–water partition coefficient (Wildman–Crippen LogP) is -1.29. The first-order chi connectivity index (χ1) is 4.13. The summed E-state index contributed by atoms with van der Waals surface area (Å²) in [7, 11) is 0. The minimum atomic E-state index is -1.01. The first-order valence-corrected chi connectivity index (χ1v) is 2.34. The normalized spacial score (nSPS) is 8.56. The van der Waals surface area contributed by atoms with Crippen LogP contribution in [0.1, 0.15) is 6.92 Å². The van der Waals surface area contributed by atoms with Gasteiger partial charge in [0.1, 0.15) is 6.54 Å². The molecule has 0 atom stereocenters. The molecule has 0 saturated carbocycles. The van der Waals surface area contributed by atoms with Gasteiger partial charge >= 0.3 is 5.97 Å². The minimum absolute atomic E-state index is 0.264. The van der Waals surface area contributed by atoms with E-state index in [1.54, 1.807) is 0 Å². The van der Waals surface area contributed by atoms with Crippen LogP contribution >= 0.6 is 0 Å². The van der Waals surface area contributed by atoms with E-state index in [1.165, 1.54) is 6.92 Å². The van der Waals surface area contributed by atoms with Gasteiger partial charge in [-0.1, -0.05) is 0 Å². The maximum atomic E-state index is 10.1. The van der Waals surface area contributed by atoms with E-state index in [0.717, 1.165) is 0 Å². The molecule has 1 amide bonds. The number of carboxylic acid groups (broad SMARTS) is 1. The summed E-state index contributed by atoms with van der Waals surface area (Å²) in [6.45, 7) is 1.02. The number of carboxylic acids is 1. The molecule has 3 N–H and O–H groups in total. The van der Waals surface area contributed by atoms with Crippen molar-refractivity contribution >= 4 is 11.9 Å². The Kier molecular flexibility index (Phi) is 3.38. The minimum Gasteiger partial charge on any atom is -0.480 e. The van der Waals surface area contributed by atoms with Crippen LogP contribution in [0.15, 0.2) is 0 Å². The summed E-state index contributed by atoms with van der Waals surface area (Å²) in [5.74, 6) is -1.32.